The topological polar surface area (TPSA) is 9.23 Å². The van der Waals surface area contributed by atoms with E-state index in [4.69, 9.17) is 16.3 Å². The third-order valence-electron chi connectivity index (χ3n) is 3.33. The minimum atomic E-state index is 0.185. The number of alkyl halides is 1. The summed E-state index contributed by atoms with van der Waals surface area (Å²) in [6, 6.07) is 16.5. The number of hydrogen-bond donors (Lipinski definition) is 0. The van der Waals surface area contributed by atoms with E-state index in [1.807, 2.05) is 24.3 Å². The van der Waals surface area contributed by atoms with Crippen molar-refractivity contribution in [2.75, 3.05) is 0 Å². The Balaban J connectivity index is 2.04. The monoisotopic (exact) mass is 288 g/mol. The molecule has 0 aromatic heterocycles. The average molecular weight is 289 g/mol. The van der Waals surface area contributed by atoms with Gasteiger partial charge in [0.15, 0.2) is 0 Å². The minimum absolute atomic E-state index is 0.185. The van der Waals surface area contributed by atoms with Gasteiger partial charge in [-0.1, -0.05) is 63.2 Å². The SMILES string of the molecule is CC(C)(C)c1ccc(COc2ccccc2CCl)cc1. The molecule has 106 valence electrons. The third kappa shape index (κ3) is 3.77. The van der Waals surface area contributed by atoms with Crippen LogP contribution in [0.15, 0.2) is 48.5 Å². The van der Waals surface area contributed by atoms with Crippen LogP contribution in [0, 0.1) is 0 Å². The Hall–Kier alpha value is -1.47. The molecule has 2 aromatic carbocycles. The third-order valence-corrected chi connectivity index (χ3v) is 3.62. The molecule has 0 N–H and O–H groups in total. The molecule has 0 saturated heterocycles. The molecule has 0 fully saturated rings. The normalized spacial score (nSPS) is 11.4. The van der Waals surface area contributed by atoms with Gasteiger partial charge in [-0.05, 0) is 22.6 Å². The van der Waals surface area contributed by atoms with Gasteiger partial charge in [0.1, 0.15) is 12.4 Å². The van der Waals surface area contributed by atoms with Crippen LogP contribution < -0.4 is 4.74 Å². The molecule has 0 aliphatic heterocycles. The first kappa shape index (κ1) is 14.9. The van der Waals surface area contributed by atoms with Gasteiger partial charge in [0.2, 0.25) is 0 Å². The van der Waals surface area contributed by atoms with Gasteiger partial charge >= 0.3 is 0 Å². The van der Waals surface area contributed by atoms with Gasteiger partial charge in [-0.3, -0.25) is 0 Å². The molecule has 2 heteroatoms. The van der Waals surface area contributed by atoms with Crippen molar-refractivity contribution < 1.29 is 4.74 Å². The lowest BCUT2D eigenvalue weighted by atomic mass is 9.87. The van der Waals surface area contributed by atoms with Gasteiger partial charge in [-0.15, -0.1) is 11.6 Å². The molecule has 0 aliphatic carbocycles. The number of ether oxygens (including phenoxy) is 1. The summed E-state index contributed by atoms with van der Waals surface area (Å²) in [6.45, 7) is 7.22. The fourth-order valence-corrected chi connectivity index (χ4v) is 2.24. The van der Waals surface area contributed by atoms with Crippen molar-refractivity contribution in [2.45, 2.75) is 38.7 Å². The molecule has 2 rings (SSSR count). The van der Waals surface area contributed by atoms with Crippen LogP contribution in [0.5, 0.6) is 5.75 Å². The van der Waals surface area contributed by atoms with Crippen LogP contribution in [0.3, 0.4) is 0 Å². The second-order valence-electron chi connectivity index (χ2n) is 5.98. The largest absolute Gasteiger partial charge is 0.489 e. The maximum atomic E-state index is 5.90. The average Bonchev–Trinajstić information content (AvgIpc) is 2.45. The summed E-state index contributed by atoms with van der Waals surface area (Å²) >= 11 is 5.90. The van der Waals surface area contributed by atoms with E-state index in [-0.39, 0.29) is 5.41 Å². The Kier molecular flexibility index (Phi) is 4.72. The summed E-state index contributed by atoms with van der Waals surface area (Å²) in [7, 11) is 0. The highest BCUT2D eigenvalue weighted by Crippen LogP contribution is 2.24. The zero-order valence-corrected chi connectivity index (χ0v) is 13.1. The minimum Gasteiger partial charge on any atom is -0.489 e. The molecule has 0 amide bonds. The van der Waals surface area contributed by atoms with Crippen LogP contribution >= 0.6 is 11.6 Å². The standard InChI is InChI=1S/C18H21ClO/c1-18(2,3)16-10-8-14(9-11-16)13-20-17-7-5-4-6-15(17)12-19/h4-11H,12-13H2,1-3H3. The van der Waals surface area contributed by atoms with Crippen molar-refractivity contribution in [1.82, 2.24) is 0 Å². The molecule has 20 heavy (non-hydrogen) atoms. The lowest BCUT2D eigenvalue weighted by molar-refractivity contribution is 0.304. The molecule has 0 unspecified atom stereocenters. The first-order valence-electron chi connectivity index (χ1n) is 6.87. The quantitative estimate of drug-likeness (QED) is 0.694. The van der Waals surface area contributed by atoms with Crippen molar-refractivity contribution in [3.63, 3.8) is 0 Å². The molecule has 2 aromatic rings. The summed E-state index contributed by atoms with van der Waals surface area (Å²) in [5.41, 5.74) is 3.72. The summed E-state index contributed by atoms with van der Waals surface area (Å²) < 4.78 is 5.86. The van der Waals surface area contributed by atoms with Crippen molar-refractivity contribution in [3.8, 4) is 5.75 Å². The van der Waals surface area contributed by atoms with E-state index in [0.717, 1.165) is 11.3 Å². The molecular formula is C18H21ClO. The van der Waals surface area contributed by atoms with E-state index < -0.39 is 0 Å². The molecule has 1 nitrogen and oxygen atoms in total. The highest BCUT2D eigenvalue weighted by atomic mass is 35.5. The predicted molar refractivity (Wildman–Crippen MR) is 85.5 cm³/mol. The van der Waals surface area contributed by atoms with E-state index >= 15 is 0 Å². The maximum Gasteiger partial charge on any atom is 0.124 e. The Morgan fingerprint density at radius 2 is 1.60 bits per heavy atom. The summed E-state index contributed by atoms with van der Waals surface area (Å²) in [6.07, 6.45) is 0. The molecule has 0 atom stereocenters. The van der Waals surface area contributed by atoms with E-state index in [1.54, 1.807) is 0 Å². The summed E-state index contributed by atoms with van der Waals surface area (Å²) in [4.78, 5) is 0. The van der Waals surface area contributed by atoms with E-state index in [0.29, 0.717) is 12.5 Å². The van der Waals surface area contributed by atoms with Gasteiger partial charge in [-0.25, -0.2) is 0 Å². The lowest BCUT2D eigenvalue weighted by Crippen LogP contribution is -2.10. The predicted octanol–water partition coefficient (Wildman–Crippen LogP) is 5.30. The van der Waals surface area contributed by atoms with Crippen molar-refractivity contribution in [3.05, 3.63) is 65.2 Å². The fraction of sp³-hybridized carbons (Fsp3) is 0.333. The highest BCUT2D eigenvalue weighted by molar-refractivity contribution is 6.17. The zero-order chi connectivity index (χ0) is 14.6. The van der Waals surface area contributed by atoms with Crippen molar-refractivity contribution in [1.29, 1.82) is 0 Å². The lowest BCUT2D eigenvalue weighted by Gasteiger charge is -2.19. The van der Waals surface area contributed by atoms with Crippen LogP contribution in [0.1, 0.15) is 37.5 Å². The van der Waals surface area contributed by atoms with E-state index in [1.165, 1.54) is 11.1 Å². The molecule has 0 bridgehead atoms. The first-order valence-corrected chi connectivity index (χ1v) is 7.40. The number of benzene rings is 2. The van der Waals surface area contributed by atoms with Crippen LogP contribution in [0.25, 0.3) is 0 Å². The van der Waals surface area contributed by atoms with Gasteiger partial charge in [0, 0.05) is 5.56 Å². The Bertz CT molecular complexity index is 552. The van der Waals surface area contributed by atoms with Crippen molar-refractivity contribution in [2.24, 2.45) is 0 Å². The molecular weight excluding hydrogens is 268 g/mol. The Labute approximate surface area is 126 Å². The molecule has 0 aliphatic rings. The maximum absolute atomic E-state index is 5.90. The molecule has 0 spiro atoms. The molecule has 0 saturated carbocycles. The molecule has 0 heterocycles. The Morgan fingerprint density at radius 3 is 2.20 bits per heavy atom. The van der Waals surface area contributed by atoms with Crippen LogP contribution in [0.2, 0.25) is 0 Å². The van der Waals surface area contributed by atoms with Gasteiger partial charge < -0.3 is 4.74 Å². The molecule has 0 radical (unpaired) electrons. The number of halogens is 1. The fourth-order valence-electron chi connectivity index (χ4n) is 2.02. The smallest absolute Gasteiger partial charge is 0.124 e. The van der Waals surface area contributed by atoms with Gasteiger partial charge in [0.05, 0.1) is 5.88 Å². The van der Waals surface area contributed by atoms with Gasteiger partial charge in [0.25, 0.3) is 0 Å². The number of hydrogen-bond acceptors (Lipinski definition) is 1. The van der Waals surface area contributed by atoms with Crippen LogP contribution in [-0.2, 0) is 17.9 Å². The Morgan fingerprint density at radius 1 is 0.950 bits per heavy atom. The second kappa shape index (κ2) is 6.32. The van der Waals surface area contributed by atoms with Gasteiger partial charge in [-0.2, -0.15) is 0 Å². The summed E-state index contributed by atoms with van der Waals surface area (Å²) in [5.74, 6) is 1.33. The van der Waals surface area contributed by atoms with E-state index in [2.05, 4.69) is 45.0 Å². The van der Waals surface area contributed by atoms with Crippen LogP contribution in [-0.4, -0.2) is 0 Å². The second-order valence-corrected chi connectivity index (χ2v) is 6.24. The zero-order valence-electron chi connectivity index (χ0n) is 12.3. The van der Waals surface area contributed by atoms with Crippen LogP contribution in [0.4, 0.5) is 0 Å². The first-order chi connectivity index (χ1) is 9.50. The number of para-hydroxylation sites is 1. The highest BCUT2D eigenvalue weighted by Gasteiger charge is 2.12. The van der Waals surface area contributed by atoms with Crippen molar-refractivity contribution >= 4 is 11.6 Å². The number of rotatable bonds is 4. The van der Waals surface area contributed by atoms with E-state index in [9.17, 15) is 0 Å². The summed E-state index contributed by atoms with van der Waals surface area (Å²) in [5, 5.41) is 0.